The van der Waals surface area contributed by atoms with E-state index in [1.807, 2.05) is 6.92 Å². The molecule has 0 heterocycles. The summed E-state index contributed by atoms with van der Waals surface area (Å²) >= 11 is 0. The van der Waals surface area contributed by atoms with Crippen molar-refractivity contribution in [3.05, 3.63) is 35.4 Å². The van der Waals surface area contributed by atoms with Gasteiger partial charge in [0.2, 0.25) is 0 Å². The van der Waals surface area contributed by atoms with Gasteiger partial charge in [-0.3, -0.25) is 0 Å². The standard InChI is InChI=1S/C17H25F2NO/c1-3-12-20-16(13-8-7-9-14(18)15(13)19)17(21-4-2)10-5-6-11-17/h7-9,16,20H,3-6,10-12H2,1-2H3. The maximum Gasteiger partial charge on any atom is 0.163 e. The van der Waals surface area contributed by atoms with E-state index in [2.05, 4.69) is 12.2 Å². The summed E-state index contributed by atoms with van der Waals surface area (Å²) in [5, 5.41) is 3.39. The van der Waals surface area contributed by atoms with Crippen LogP contribution in [0, 0.1) is 11.6 Å². The summed E-state index contributed by atoms with van der Waals surface area (Å²) in [7, 11) is 0. The fourth-order valence-electron chi connectivity index (χ4n) is 3.39. The summed E-state index contributed by atoms with van der Waals surface area (Å²) in [4.78, 5) is 0. The molecule has 4 heteroatoms. The Balaban J connectivity index is 2.39. The van der Waals surface area contributed by atoms with Gasteiger partial charge in [-0.05, 0) is 38.8 Å². The summed E-state index contributed by atoms with van der Waals surface area (Å²) in [6, 6.07) is 4.11. The third kappa shape index (κ3) is 3.43. The lowest BCUT2D eigenvalue weighted by molar-refractivity contribution is -0.0634. The lowest BCUT2D eigenvalue weighted by Crippen LogP contribution is -2.45. The summed E-state index contributed by atoms with van der Waals surface area (Å²) in [5.41, 5.74) is -0.0303. The van der Waals surface area contributed by atoms with E-state index in [0.717, 1.165) is 44.7 Å². The highest BCUT2D eigenvalue weighted by molar-refractivity contribution is 5.26. The highest BCUT2D eigenvalue weighted by Crippen LogP contribution is 2.43. The molecule has 1 saturated carbocycles. The minimum absolute atomic E-state index is 0.296. The predicted octanol–water partition coefficient (Wildman–Crippen LogP) is 4.35. The molecular weight excluding hydrogens is 272 g/mol. The van der Waals surface area contributed by atoms with E-state index >= 15 is 0 Å². The molecule has 1 aromatic rings. The molecule has 1 aliphatic rings. The normalized spacial score (nSPS) is 18.9. The van der Waals surface area contributed by atoms with Gasteiger partial charge < -0.3 is 10.1 Å². The van der Waals surface area contributed by atoms with Gasteiger partial charge in [-0.15, -0.1) is 0 Å². The molecule has 0 saturated heterocycles. The zero-order valence-corrected chi connectivity index (χ0v) is 12.9. The highest BCUT2D eigenvalue weighted by Gasteiger charge is 2.43. The lowest BCUT2D eigenvalue weighted by atomic mass is 9.86. The van der Waals surface area contributed by atoms with Crippen molar-refractivity contribution in [2.75, 3.05) is 13.2 Å². The van der Waals surface area contributed by atoms with E-state index in [-0.39, 0.29) is 6.04 Å². The Kier molecular flexibility index (Phi) is 5.71. The van der Waals surface area contributed by atoms with Crippen molar-refractivity contribution in [3.63, 3.8) is 0 Å². The summed E-state index contributed by atoms with van der Waals surface area (Å²) in [6.07, 6.45) is 4.86. The molecule has 0 aliphatic heterocycles. The molecule has 21 heavy (non-hydrogen) atoms. The average Bonchev–Trinajstić information content (AvgIpc) is 2.93. The van der Waals surface area contributed by atoms with Crippen molar-refractivity contribution in [2.45, 2.75) is 57.6 Å². The molecule has 1 aromatic carbocycles. The first-order valence-electron chi connectivity index (χ1n) is 7.96. The van der Waals surface area contributed by atoms with Crippen molar-refractivity contribution in [1.82, 2.24) is 5.32 Å². The monoisotopic (exact) mass is 297 g/mol. The van der Waals surface area contributed by atoms with Gasteiger partial charge in [0.05, 0.1) is 11.6 Å². The molecule has 1 atom stereocenters. The lowest BCUT2D eigenvalue weighted by Gasteiger charge is -2.38. The van der Waals surface area contributed by atoms with E-state index in [1.165, 1.54) is 0 Å². The van der Waals surface area contributed by atoms with Crippen LogP contribution < -0.4 is 5.32 Å². The van der Waals surface area contributed by atoms with Gasteiger partial charge in [0.25, 0.3) is 0 Å². The Labute approximate surface area is 125 Å². The molecule has 2 nitrogen and oxygen atoms in total. The van der Waals surface area contributed by atoms with Crippen LogP contribution in [0.25, 0.3) is 0 Å². The van der Waals surface area contributed by atoms with E-state index in [9.17, 15) is 8.78 Å². The van der Waals surface area contributed by atoms with Crippen LogP contribution in [0.3, 0.4) is 0 Å². The molecular formula is C17H25F2NO. The zero-order valence-electron chi connectivity index (χ0n) is 12.9. The van der Waals surface area contributed by atoms with Crippen molar-refractivity contribution in [3.8, 4) is 0 Å². The van der Waals surface area contributed by atoms with Crippen LogP contribution >= 0.6 is 0 Å². The Bertz CT molecular complexity index is 458. The first-order valence-corrected chi connectivity index (χ1v) is 7.96. The van der Waals surface area contributed by atoms with E-state index in [4.69, 9.17) is 4.74 Å². The first-order chi connectivity index (χ1) is 10.1. The third-order valence-corrected chi connectivity index (χ3v) is 4.30. The topological polar surface area (TPSA) is 21.3 Å². The second-order valence-corrected chi connectivity index (χ2v) is 5.74. The molecule has 0 radical (unpaired) electrons. The molecule has 1 fully saturated rings. The van der Waals surface area contributed by atoms with Crippen LogP contribution in [0.4, 0.5) is 8.78 Å². The van der Waals surface area contributed by atoms with Gasteiger partial charge in [0.15, 0.2) is 11.6 Å². The molecule has 1 unspecified atom stereocenters. The maximum absolute atomic E-state index is 14.3. The molecule has 1 aliphatic carbocycles. The molecule has 2 rings (SSSR count). The maximum atomic E-state index is 14.3. The van der Waals surface area contributed by atoms with Crippen LogP contribution in [0.1, 0.15) is 57.6 Å². The van der Waals surface area contributed by atoms with Gasteiger partial charge in [-0.25, -0.2) is 8.78 Å². The molecule has 1 N–H and O–H groups in total. The van der Waals surface area contributed by atoms with Crippen molar-refractivity contribution < 1.29 is 13.5 Å². The molecule has 0 amide bonds. The van der Waals surface area contributed by atoms with Crippen LogP contribution in [0.2, 0.25) is 0 Å². The SMILES string of the molecule is CCCNC(c1cccc(F)c1F)C1(OCC)CCCC1. The van der Waals surface area contributed by atoms with Crippen molar-refractivity contribution in [1.29, 1.82) is 0 Å². The van der Waals surface area contributed by atoms with E-state index in [1.54, 1.807) is 12.1 Å². The average molecular weight is 297 g/mol. The number of halogens is 2. The minimum Gasteiger partial charge on any atom is -0.373 e. The van der Waals surface area contributed by atoms with Gasteiger partial charge in [-0.1, -0.05) is 31.9 Å². The van der Waals surface area contributed by atoms with Crippen molar-refractivity contribution in [2.24, 2.45) is 0 Å². The fourth-order valence-corrected chi connectivity index (χ4v) is 3.39. The first kappa shape index (κ1) is 16.4. The second-order valence-electron chi connectivity index (χ2n) is 5.74. The van der Waals surface area contributed by atoms with Crippen LogP contribution in [0.15, 0.2) is 18.2 Å². The number of benzene rings is 1. The largest absolute Gasteiger partial charge is 0.373 e. The van der Waals surface area contributed by atoms with Gasteiger partial charge in [-0.2, -0.15) is 0 Å². The van der Waals surface area contributed by atoms with E-state index in [0.29, 0.717) is 12.2 Å². The number of nitrogens with one attached hydrogen (secondary N) is 1. The summed E-state index contributed by atoms with van der Waals surface area (Å²) in [6.45, 7) is 5.36. The van der Waals surface area contributed by atoms with Crippen LogP contribution in [0.5, 0.6) is 0 Å². The van der Waals surface area contributed by atoms with Gasteiger partial charge >= 0.3 is 0 Å². The zero-order chi connectivity index (χ0) is 15.3. The summed E-state index contributed by atoms with van der Waals surface area (Å²) < 4.78 is 33.9. The highest BCUT2D eigenvalue weighted by atomic mass is 19.2. The minimum atomic E-state index is -0.791. The Morgan fingerprint density at radius 2 is 1.95 bits per heavy atom. The van der Waals surface area contributed by atoms with Crippen LogP contribution in [-0.2, 0) is 4.74 Å². The molecule has 118 valence electrons. The number of rotatable bonds is 7. The Hall–Kier alpha value is -1.00. The Morgan fingerprint density at radius 1 is 1.24 bits per heavy atom. The van der Waals surface area contributed by atoms with Gasteiger partial charge in [0.1, 0.15) is 0 Å². The number of hydrogen-bond acceptors (Lipinski definition) is 2. The molecule has 0 aromatic heterocycles. The Morgan fingerprint density at radius 3 is 2.57 bits per heavy atom. The number of hydrogen-bond donors (Lipinski definition) is 1. The second kappa shape index (κ2) is 7.32. The summed E-state index contributed by atoms with van der Waals surface area (Å²) in [5.74, 6) is -1.54. The third-order valence-electron chi connectivity index (χ3n) is 4.30. The van der Waals surface area contributed by atoms with E-state index < -0.39 is 17.2 Å². The molecule has 0 bridgehead atoms. The van der Waals surface area contributed by atoms with Crippen LogP contribution in [-0.4, -0.2) is 18.8 Å². The number of ether oxygens (including phenoxy) is 1. The molecule has 0 spiro atoms. The van der Waals surface area contributed by atoms with Gasteiger partial charge in [0, 0.05) is 12.2 Å². The quantitative estimate of drug-likeness (QED) is 0.807. The fraction of sp³-hybridized carbons (Fsp3) is 0.647. The smallest absolute Gasteiger partial charge is 0.163 e. The van der Waals surface area contributed by atoms with Crippen molar-refractivity contribution >= 4 is 0 Å². The predicted molar refractivity (Wildman–Crippen MR) is 80.2 cm³/mol.